The van der Waals surface area contributed by atoms with E-state index in [0.29, 0.717) is 12.8 Å². The molecule has 5 heteroatoms. The Morgan fingerprint density at radius 3 is 2.00 bits per heavy atom. The van der Waals surface area contributed by atoms with Gasteiger partial charge in [-0.3, -0.25) is 9.69 Å². The first kappa shape index (κ1) is 16.6. The fourth-order valence-corrected chi connectivity index (χ4v) is 2.66. The lowest BCUT2D eigenvalue weighted by atomic mass is 9.93. The van der Waals surface area contributed by atoms with Crippen LogP contribution in [0.15, 0.2) is 0 Å². The highest BCUT2D eigenvalue weighted by molar-refractivity contribution is 7.90. The van der Waals surface area contributed by atoms with Gasteiger partial charge in [0, 0.05) is 12.7 Å². The average molecular weight is 263 g/mol. The number of sulfone groups is 1. The summed E-state index contributed by atoms with van der Waals surface area (Å²) in [7, 11) is -2.96. The first-order chi connectivity index (χ1) is 7.65. The van der Waals surface area contributed by atoms with E-state index < -0.39 is 15.4 Å². The number of hydrogen-bond donors (Lipinski definition) is 0. The lowest BCUT2D eigenvalue weighted by Gasteiger charge is -2.35. The molecule has 0 heterocycles. The Morgan fingerprint density at radius 2 is 1.65 bits per heavy atom. The zero-order valence-corrected chi connectivity index (χ0v) is 12.4. The molecule has 0 aliphatic heterocycles. The van der Waals surface area contributed by atoms with E-state index >= 15 is 0 Å². The summed E-state index contributed by atoms with van der Waals surface area (Å²) in [5.41, 5.74) is -0.499. The molecular weight excluding hydrogens is 238 g/mol. The van der Waals surface area contributed by atoms with Crippen LogP contribution in [0.1, 0.15) is 40.5 Å². The summed E-state index contributed by atoms with van der Waals surface area (Å²) < 4.78 is 22.0. The molecule has 0 aromatic heterocycles. The molecule has 0 aliphatic carbocycles. The maximum Gasteiger partial charge on any atom is 0.152 e. The minimum Gasteiger partial charge on any atom is -0.298 e. The van der Waals surface area contributed by atoms with Crippen molar-refractivity contribution in [2.75, 3.05) is 25.1 Å². The number of Topliss-reactive ketones (excluding diaryl/α,β-unsaturated/α-hetero) is 1. The van der Waals surface area contributed by atoms with Crippen LogP contribution in [0.5, 0.6) is 0 Å². The average Bonchev–Trinajstić information content (AvgIpc) is 2.16. The summed E-state index contributed by atoms with van der Waals surface area (Å²) in [4.78, 5) is 14.2. The Bertz CT molecular complexity index is 343. The van der Waals surface area contributed by atoms with Crippen LogP contribution in [0.4, 0.5) is 0 Å². The Balaban J connectivity index is 4.39. The molecule has 0 radical (unpaired) electrons. The topological polar surface area (TPSA) is 54.5 Å². The zero-order valence-electron chi connectivity index (χ0n) is 11.6. The highest BCUT2D eigenvalue weighted by Crippen LogP contribution is 2.18. The maximum atomic E-state index is 12.1. The van der Waals surface area contributed by atoms with Crippen molar-refractivity contribution in [3.8, 4) is 0 Å². The Morgan fingerprint density at radius 1 is 1.18 bits per heavy atom. The third-order valence-corrected chi connectivity index (χ3v) is 4.19. The molecule has 0 amide bonds. The quantitative estimate of drug-likeness (QED) is 0.666. The fourth-order valence-electron chi connectivity index (χ4n) is 1.99. The SMILES string of the molecule is CCN(CC)C(C)(C)C(=O)CCCS(C)(=O)=O. The van der Waals surface area contributed by atoms with Crippen LogP contribution < -0.4 is 0 Å². The first-order valence-corrected chi connectivity index (χ1v) is 8.17. The molecule has 0 aromatic carbocycles. The van der Waals surface area contributed by atoms with Crippen LogP contribution in [-0.4, -0.2) is 49.7 Å². The van der Waals surface area contributed by atoms with Gasteiger partial charge in [0.05, 0.1) is 11.3 Å². The second kappa shape index (κ2) is 6.50. The van der Waals surface area contributed by atoms with Crippen LogP contribution in [-0.2, 0) is 14.6 Å². The van der Waals surface area contributed by atoms with Crippen LogP contribution >= 0.6 is 0 Å². The van der Waals surface area contributed by atoms with Gasteiger partial charge in [-0.15, -0.1) is 0 Å². The van der Waals surface area contributed by atoms with Crippen molar-refractivity contribution in [1.82, 2.24) is 4.90 Å². The molecule has 0 N–H and O–H groups in total. The van der Waals surface area contributed by atoms with E-state index in [1.165, 1.54) is 6.26 Å². The number of carbonyl (C=O) groups is 1. The molecule has 0 unspecified atom stereocenters. The lowest BCUT2D eigenvalue weighted by molar-refractivity contribution is -0.129. The summed E-state index contributed by atoms with van der Waals surface area (Å²) in [6.45, 7) is 9.50. The zero-order chi connectivity index (χ0) is 13.7. The fraction of sp³-hybridized carbons (Fsp3) is 0.917. The van der Waals surface area contributed by atoms with Crippen molar-refractivity contribution in [3.63, 3.8) is 0 Å². The van der Waals surface area contributed by atoms with Crippen molar-refractivity contribution in [3.05, 3.63) is 0 Å². The van der Waals surface area contributed by atoms with Crippen molar-refractivity contribution in [2.24, 2.45) is 0 Å². The monoisotopic (exact) mass is 263 g/mol. The molecule has 0 saturated carbocycles. The molecule has 17 heavy (non-hydrogen) atoms. The van der Waals surface area contributed by atoms with Gasteiger partial charge in [0.1, 0.15) is 9.84 Å². The van der Waals surface area contributed by atoms with Gasteiger partial charge in [-0.2, -0.15) is 0 Å². The van der Waals surface area contributed by atoms with Crippen LogP contribution in [0, 0.1) is 0 Å². The van der Waals surface area contributed by atoms with E-state index in [0.717, 1.165) is 13.1 Å². The molecule has 0 aromatic rings. The van der Waals surface area contributed by atoms with Crippen molar-refractivity contribution in [2.45, 2.75) is 46.1 Å². The molecule has 0 aliphatic rings. The summed E-state index contributed by atoms with van der Waals surface area (Å²) in [6, 6.07) is 0. The molecule has 0 rings (SSSR count). The molecule has 0 saturated heterocycles. The van der Waals surface area contributed by atoms with Crippen LogP contribution in [0.25, 0.3) is 0 Å². The third kappa shape index (κ3) is 5.64. The minimum absolute atomic E-state index is 0.0903. The Kier molecular flexibility index (Phi) is 6.34. The molecule has 102 valence electrons. The van der Waals surface area contributed by atoms with Gasteiger partial charge in [0.15, 0.2) is 5.78 Å². The maximum absolute atomic E-state index is 12.1. The molecule has 0 fully saturated rings. The van der Waals surface area contributed by atoms with Crippen LogP contribution in [0.3, 0.4) is 0 Å². The summed E-state index contributed by atoms with van der Waals surface area (Å²) in [5, 5.41) is 0. The van der Waals surface area contributed by atoms with Gasteiger partial charge in [-0.1, -0.05) is 13.8 Å². The molecule has 0 bridgehead atoms. The normalized spacial score (nSPS) is 13.1. The number of hydrogen-bond acceptors (Lipinski definition) is 4. The number of nitrogens with zero attached hydrogens (tertiary/aromatic N) is 1. The van der Waals surface area contributed by atoms with E-state index in [-0.39, 0.29) is 11.5 Å². The Hall–Kier alpha value is -0.420. The van der Waals surface area contributed by atoms with E-state index in [1.54, 1.807) is 0 Å². The molecule has 4 nitrogen and oxygen atoms in total. The number of ketones is 1. The smallest absolute Gasteiger partial charge is 0.152 e. The van der Waals surface area contributed by atoms with Gasteiger partial charge < -0.3 is 0 Å². The summed E-state index contributed by atoms with van der Waals surface area (Å²) in [5.74, 6) is 0.206. The highest BCUT2D eigenvalue weighted by atomic mass is 32.2. The number of carbonyl (C=O) groups excluding carboxylic acids is 1. The highest BCUT2D eigenvalue weighted by Gasteiger charge is 2.31. The van der Waals surface area contributed by atoms with E-state index in [9.17, 15) is 13.2 Å². The van der Waals surface area contributed by atoms with Crippen molar-refractivity contribution >= 4 is 15.6 Å². The largest absolute Gasteiger partial charge is 0.298 e. The van der Waals surface area contributed by atoms with E-state index in [1.807, 2.05) is 27.7 Å². The van der Waals surface area contributed by atoms with Crippen LogP contribution in [0.2, 0.25) is 0 Å². The van der Waals surface area contributed by atoms with Crippen molar-refractivity contribution in [1.29, 1.82) is 0 Å². The number of rotatable bonds is 8. The first-order valence-electron chi connectivity index (χ1n) is 6.11. The van der Waals surface area contributed by atoms with Crippen molar-refractivity contribution < 1.29 is 13.2 Å². The second-order valence-electron chi connectivity index (χ2n) is 4.89. The summed E-state index contributed by atoms with van der Waals surface area (Å²) >= 11 is 0. The Labute approximate surface area is 105 Å². The predicted molar refractivity (Wildman–Crippen MR) is 71.0 cm³/mol. The molecule has 0 spiro atoms. The standard InChI is InChI=1S/C12H25NO3S/c1-6-13(7-2)12(3,4)11(14)9-8-10-17(5,15)16/h6-10H2,1-5H3. The van der Waals surface area contributed by atoms with Gasteiger partial charge >= 0.3 is 0 Å². The lowest BCUT2D eigenvalue weighted by Crippen LogP contribution is -2.49. The molecular formula is C12H25NO3S. The number of likely N-dealkylation sites (N-methyl/N-ethyl adjacent to an activating group) is 1. The van der Waals surface area contributed by atoms with Gasteiger partial charge in [-0.25, -0.2) is 8.42 Å². The second-order valence-corrected chi connectivity index (χ2v) is 7.15. The van der Waals surface area contributed by atoms with Gasteiger partial charge in [-0.05, 0) is 33.4 Å². The van der Waals surface area contributed by atoms with Gasteiger partial charge in [0.25, 0.3) is 0 Å². The minimum atomic E-state index is -2.96. The molecule has 0 atom stereocenters. The van der Waals surface area contributed by atoms with E-state index in [4.69, 9.17) is 0 Å². The predicted octanol–water partition coefficient (Wildman–Crippen LogP) is 1.50. The third-order valence-electron chi connectivity index (χ3n) is 3.16. The van der Waals surface area contributed by atoms with E-state index in [2.05, 4.69) is 4.90 Å². The summed E-state index contributed by atoms with van der Waals surface area (Å²) in [6.07, 6.45) is 1.95. The van der Waals surface area contributed by atoms with Gasteiger partial charge in [0.2, 0.25) is 0 Å².